The highest BCUT2D eigenvalue weighted by molar-refractivity contribution is 7.89. The number of nitrogens with zero attached hydrogens (tertiary/aromatic N) is 2. The minimum absolute atomic E-state index is 0.130. The summed E-state index contributed by atoms with van der Waals surface area (Å²) >= 11 is 0. The lowest BCUT2D eigenvalue weighted by Crippen LogP contribution is -2.45. The molecule has 1 fully saturated rings. The highest BCUT2D eigenvalue weighted by Gasteiger charge is 2.26. The van der Waals surface area contributed by atoms with E-state index in [-0.39, 0.29) is 10.8 Å². The number of aromatic nitrogens is 2. The molecule has 1 aromatic carbocycles. The summed E-state index contributed by atoms with van der Waals surface area (Å²) < 4.78 is 29.0. The molecule has 0 radical (unpaired) electrons. The molecule has 0 spiro atoms. The first kappa shape index (κ1) is 15.7. The molecule has 1 saturated heterocycles. The first-order valence-electron chi connectivity index (χ1n) is 7.46. The van der Waals surface area contributed by atoms with Gasteiger partial charge in [-0.3, -0.25) is 4.79 Å². The third-order valence-electron chi connectivity index (χ3n) is 3.75. The Morgan fingerprint density at radius 1 is 1.22 bits per heavy atom. The second-order valence-electron chi connectivity index (χ2n) is 5.41. The van der Waals surface area contributed by atoms with Crippen LogP contribution in [-0.4, -0.2) is 36.7 Å². The molecular formula is C15H18N4O3S. The van der Waals surface area contributed by atoms with Crippen molar-refractivity contribution >= 4 is 15.9 Å². The number of rotatable bonds is 4. The van der Waals surface area contributed by atoms with Crippen molar-refractivity contribution in [2.24, 2.45) is 0 Å². The van der Waals surface area contributed by atoms with Gasteiger partial charge in [0.1, 0.15) is 6.04 Å². The van der Waals surface area contributed by atoms with E-state index in [1.807, 2.05) is 0 Å². The largest absolute Gasteiger partial charge is 0.355 e. The van der Waals surface area contributed by atoms with Crippen LogP contribution in [0.3, 0.4) is 0 Å². The molecule has 1 atom stereocenters. The minimum Gasteiger partial charge on any atom is -0.355 e. The van der Waals surface area contributed by atoms with E-state index in [1.54, 1.807) is 35.3 Å². The van der Waals surface area contributed by atoms with Gasteiger partial charge in [-0.05, 0) is 49.6 Å². The summed E-state index contributed by atoms with van der Waals surface area (Å²) in [5, 5.41) is 6.81. The highest BCUT2D eigenvalue weighted by atomic mass is 32.2. The molecule has 2 heterocycles. The number of sulfonamides is 1. The predicted molar refractivity (Wildman–Crippen MR) is 84.5 cm³/mol. The Labute approximate surface area is 134 Å². The van der Waals surface area contributed by atoms with Crippen LogP contribution in [0.15, 0.2) is 47.6 Å². The summed E-state index contributed by atoms with van der Waals surface area (Å²) in [4.78, 5) is 12.0. The van der Waals surface area contributed by atoms with Crippen molar-refractivity contribution in [3.8, 4) is 5.69 Å². The van der Waals surface area contributed by atoms with Gasteiger partial charge in [-0.2, -0.15) is 9.82 Å². The fourth-order valence-electron chi connectivity index (χ4n) is 2.51. The number of carbonyl (C=O) groups is 1. The summed E-state index contributed by atoms with van der Waals surface area (Å²) in [6, 6.07) is 7.44. The number of nitrogens with one attached hydrogen (secondary N) is 2. The van der Waals surface area contributed by atoms with Gasteiger partial charge in [-0.1, -0.05) is 0 Å². The van der Waals surface area contributed by atoms with Crippen molar-refractivity contribution in [2.75, 3.05) is 6.54 Å². The van der Waals surface area contributed by atoms with Crippen LogP contribution < -0.4 is 10.0 Å². The topological polar surface area (TPSA) is 93.1 Å². The summed E-state index contributed by atoms with van der Waals surface area (Å²) in [6.45, 7) is 0.593. The molecule has 2 aromatic rings. The van der Waals surface area contributed by atoms with E-state index in [4.69, 9.17) is 0 Å². The molecular weight excluding hydrogens is 316 g/mol. The molecule has 23 heavy (non-hydrogen) atoms. The normalized spacial score (nSPS) is 19.1. The zero-order valence-corrected chi connectivity index (χ0v) is 13.3. The van der Waals surface area contributed by atoms with Gasteiger partial charge in [0.05, 0.1) is 10.6 Å². The summed E-state index contributed by atoms with van der Waals surface area (Å²) in [6.07, 6.45) is 5.61. The van der Waals surface area contributed by atoms with Crippen LogP contribution in [0.25, 0.3) is 5.69 Å². The van der Waals surface area contributed by atoms with Crippen molar-refractivity contribution in [1.82, 2.24) is 19.8 Å². The summed E-state index contributed by atoms with van der Waals surface area (Å²) in [5.74, 6) is -0.265. The third kappa shape index (κ3) is 3.59. The Balaban J connectivity index is 1.78. The molecule has 0 bridgehead atoms. The highest BCUT2D eigenvalue weighted by Crippen LogP contribution is 2.15. The minimum atomic E-state index is -3.74. The Bertz CT molecular complexity index is 770. The lowest BCUT2D eigenvalue weighted by Gasteiger charge is -2.15. The lowest BCUT2D eigenvalue weighted by molar-refractivity contribution is -0.122. The van der Waals surface area contributed by atoms with Gasteiger partial charge in [0, 0.05) is 18.9 Å². The SMILES string of the molecule is O=C1NCCCC[C@H]1NS(=O)(=O)c1ccc(-n2cccn2)cc1. The molecule has 2 N–H and O–H groups in total. The van der Waals surface area contributed by atoms with E-state index < -0.39 is 16.1 Å². The third-order valence-corrected chi connectivity index (χ3v) is 5.24. The lowest BCUT2D eigenvalue weighted by atomic mass is 10.1. The fraction of sp³-hybridized carbons (Fsp3) is 0.333. The zero-order valence-electron chi connectivity index (χ0n) is 12.5. The number of benzene rings is 1. The summed E-state index contributed by atoms with van der Waals surface area (Å²) in [5.41, 5.74) is 0.765. The van der Waals surface area contributed by atoms with Gasteiger partial charge in [0.15, 0.2) is 0 Å². The standard InChI is InChI=1S/C15H18N4O3S/c20-15-14(4-1-2-9-16-15)18-23(21,22)13-7-5-12(6-8-13)19-11-3-10-17-19/h3,5-8,10-11,14,18H,1-2,4,9H2,(H,16,20)/t14-/m1/s1. The van der Waals surface area contributed by atoms with Gasteiger partial charge in [0.2, 0.25) is 15.9 Å². The molecule has 8 heteroatoms. The van der Waals surface area contributed by atoms with Crippen LogP contribution in [0.4, 0.5) is 0 Å². The van der Waals surface area contributed by atoms with Crippen LogP contribution >= 0.6 is 0 Å². The monoisotopic (exact) mass is 334 g/mol. The molecule has 1 aliphatic heterocycles. The average Bonchev–Trinajstić information content (AvgIpc) is 3.01. The zero-order chi connectivity index (χ0) is 16.3. The van der Waals surface area contributed by atoms with Crippen molar-refractivity contribution in [3.05, 3.63) is 42.7 Å². The van der Waals surface area contributed by atoms with Gasteiger partial charge in [-0.15, -0.1) is 0 Å². The molecule has 7 nitrogen and oxygen atoms in total. The first-order valence-corrected chi connectivity index (χ1v) is 8.95. The van der Waals surface area contributed by atoms with Crippen LogP contribution in [0.5, 0.6) is 0 Å². The maximum absolute atomic E-state index is 12.4. The second kappa shape index (κ2) is 6.51. The van der Waals surface area contributed by atoms with Crippen molar-refractivity contribution in [1.29, 1.82) is 0 Å². The molecule has 1 aliphatic rings. The number of hydrogen-bond donors (Lipinski definition) is 2. The van der Waals surface area contributed by atoms with Crippen molar-refractivity contribution in [2.45, 2.75) is 30.2 Å². The molecule has 3 rings (SSSR count). The van der Waals surface area contributed by atoms with Crippen LogP contribution in [0.2, 0.25) is 0 Å². The van der Waals surface area contributed by atoms with Crippen molar-refractivity contribution in [3.63, 3.8) is 0 Å². The number of carbonyl (C=O) groups excluding carboxylic acids is 1. The van der Waals surface area contributed by atoms with Gasteiger partial charge >= 0.3 is 0 Å². The predicted octanol–water partition coefficient (Wildman–Crippen LogP) is 0.819. The van der Waals surface area contributed by atoms with E-state index in [9.17, 15) is 13.2 Å². The van der Waals surface area contributed by atoms with Crippen LogP contribution in [0, 0.1) is 0 Å². The Hall–Kier alpha value is -2.19. The number of amides is 1. The van der Waals surface area contributed by atoms with Crippen LogP contribution in [-0.2, 0) is 14.8 Å². The van der Waals surface area contributed by atoms with Gasteiger partial charge < -0.3 is 5.32 Å². The molecule has 0 unspecified atom stereocenters. The average molecular weight is 334 g/mol. The van der Waals surface area contributed by atoms with E-state index in [2.05, 4.69) is 15.1 Å². The molecule has 0 saturated carbocycles. The van der Waals surface area contributed by atoms with E-state index >= 15 is 0 Å². The van der Waals surface area contributed by atoms with E-state index in [1.165, 1.54) is 12.1 Å². The molecule has 1 aromatic heterocycles. The maximum Gasteiger partial charge on any atom is 0.241 e. The maximum atomic E-state index is 12.4. The van der Waals surface area contributed by atoms with Gasteiger partial charge in [0.25, 0.3) is 0 Å². The smallest absolute Gasteiger partial charge is 0.241 e. The van der Waals surface area contributed by atoms with Gasteiger partial charge in [-0.25, -0.2) is 13.1 Å². The summed E-state index contributed by atoms with van der Waals surface area (Å²) in [7, 11) is -3.74. The molecule has 0 aliphatic carbocycles. The number of hydrogen-bond acceptors (Lipinski definition) is 4. The Morgan fingerprint density at radius 2 is 2.00 bits per heavy atom. The molecule has 122 valence electrons. The Kier molecular flexibility index (Phi) is 4.44. The fourth-order valence-corrected chi connectivity index (χ4v) is 3.74. The molecule has 1 amide bonds. The van der Waals surface area contributed by atoms with Crippen molar-refractivity contribution < 1.29 is 13.2 Å². The van der Waals surface area contributed by atoms with E-state index in [0.29, 0.717) is 13.0 Å². The van der Waals surface area contributed by atoms with Crippen LogP contribution in [0.1, 0.15) is 19.3 Å². The Morgan fingerprint density at radius 3 is 2.70 bits per heavy atom. The quantitative estimate of drug-likeness (QED) is 0.866. The van der Waals surface area contributed by atoms with E-state index in [0.717, 1.165) is 18.5 Å². The second-order valence-corrected chi connectivity index (χ2v) is 7.12. The first-order chi connectivity index (χ1) is 11.1.